The van der Waals surface area contributed by atoms with Crippen molar-refractivity contribution in [2.24, 2.45) is 0 Å². The number of methoxy groups -OCH3 is 1. The van der Waals surface area contributed by atoms with Gasteiger partial charge in [0.05, 0.1) is 13.7 Å². The van der Waals surface area contributed by atoms with Crippen molar-refractivity contribution in [1.82, 2.24) is 5.32 Å². The highest BCUT2D eigenvalue weighted by molar-refractivity contribution is 6.08. The van der Waals surface area contributed by atoms with Gasteiger partial charge in [-0.25, -0.2) is 0 Å². The maximum atomic E-state index is 12.4. The van der Waals surface area contributed by atoms with Gasteiger partial charge < -0.3 is 19.2 Å². The van der Waals surface area contributed by atoms with Gasteiger partial charge >= 0.3 is 0 Å². The number of amides is 1. The number of carbonyl (C=O) groups excluding carboxylic acids is 1. The summed E-state index contributed by atoms with van der Waals surface area (Å²) < 4.78 is 16.4. The summed E-state index contributed by atoms with van der Waals surface area (Å²) in [7, 11) is 1.62. The van der Waals surface area contributed by atoms with Crippen molar-refractivity contribution < 1.29 is 18.7 Å². The smallest absolute Gasteiger partial charge is 0.287 e. The van der Waals surface area contributed by atoms with Crippen LogP contribution in [0, 0.1) is 0 Å². The number of hydrogen-bond donors (Lipinski definition) is 1. The van der Waals surface area contributed by atoms with E-state index in [1.54, 1.807) is 13.2 Å². The number of nitrogens with one attached hydrogen (secondary N) is 1. The molecule has 4 rings (SSSR count). The summed E-state index contributed by atoms with van der Waals surface area (Å²) in [4.78, 5) is 12.4. The zero-order valence-electron chi connectivity index (χ0n) is 14.9. The van der Waals surface area contributed by atoms with Gasteiger partial charge in [0.15, 0.2) is 5.76 Å². The topological polar surface area (TPSA) is 60.7 Å². The molecule has 0 atom stereocenters. The third kappa shape index (κ3) is 3.58. The SMILES string of the molecule is COc1ccc(OCCNC(=O)c2cc3c(ccc4ccccc43)o2)cc1. The lowest BCUT2D eigenvalue weighted by Crippen LogP contribution is -2.27. The van der Waals surface area contributed by atoms with Gasteiger partial charge in [-0.3, -0.25) is 4.79 Å². The Morgan fingerprint density at radius 2 is 1.74 bits per heavy atom. The van der Waals surface area contributed by atoms with Crippen molar-refractivity contribution in [1.29, 1.82) is 0 Å². The van der Waals surface area contributed by atoms with Gasteiger partial charge in [0.25, 0.3) is 5.91 Å². The van der Waals surface area contributed by atoms with Crippen molar-refractivity contribution in [2.75, 3.05) is 20.3 Å². The first-order valence-electron chi connectivity index (χ1n) is 8.71. The maximum absolute atomic E-state index is 12.4. The molecule has 0 aliphatic carbocycles. The van der Waals surface area contributed by atoms with E-state index in [4.69, 9.17) is 13.9 Å². The van der Waals surface area contributed by atoms with E-state index in [1.807, 2.05) is 60.7 Å². The number of ether oxygens (including phenoxy) is 2. The molecule has 27 heavy (non-hydrogen) atoms. The summed E-state index contributed by atoms with van der Waals surface area (Å²) in [5.41, 5.74) is 0.702. The fourth-order valence-corrected chi connectivity index (χ4v) is 3.00. The molecule has 0 bridgehead atoms. The van der Waals surface area contributed by atoms with E-state index in [0.29, 0.717) is 24.5 Å². The number of benzene rings is 3. The molecule has 136 valence electrons. The summed E-state index contributed by atoms with van der Waals surface area (Å²) in [5, 5.41) is 5.94. The fraction of sp³-hybridized carbons (Fsp3) is 0.136. The summed E-state index contributed by atoms with van der Waals surface area (Å²) in [6, 6.07) is 21.0. The Bertz CT molecular complexity index is 1080. The average molecular weight is 361 g/mol. The molecule has 0 fully saturated rings. The lowest BCUT2D eigenvalue weighted by molar-refractivity contribution is 0.0921. The van der Waals surface area contributed by atoms with Gasteiger partial charge in [0.1, 0.15) is 23.7 Å². The van der Waals surface area contributed by atoms with Crippen LogP contribution in [0.2, 0.25) is 0 Å². The van der Waals surface area contributed by atoms with Crippen LogP contribution in [0.5, 0.6) is 11.5 Å². The summed E-state index contributed by atoms with van der Waals surface area (Å²) in [5.74, 6) is 1.53. The first-order valence-corrected chi connectivity index (χ1v) is 8.71. The Labute approximate surface area is 156 Å². The normalized spacial score (nSPS) is 10.9. The fourth-order valence-electron chi connectivity index (χ4n) is 3.00. The second kappa shape index (κ2) is 7.41. The monoisotopic (exact) mass is 361 g/mol. The third-order valence-corrected chi connectivity index (χ3v) is 4.37. The van der Waals surface area contributed by atoms with Crippen LogP contribution >= 0.6 is 0 Å². The summed E-state index contributed by atoms with van der Waals surface area (Å²) in [6.45, 7) is 0.740. The highest BCUT2D eigenvalue weighted by atomic mass is 16.5. The molecule has 0 spiro atoms. The van der Waals surface area contributed by atoms with E-state index in [1.165, 1.54) is 0 Å². The molecule has 0 saturated heterocycles. The molecular weight excluding hydrogens is 342 g/mol. The average Bonchev–Trinajstić information content (AvgIpc) is 3.16. The quantitative estimate of drug-likeness (QED) is 0.517. The maximum Gasteiger partial charge on any atom is 0.287 e. The molecular formula is C22H19NO4. The molecule has 1 N–H and O–H groups in total. The van der Waals surface area contributed by atoms with Crippen LogP contribution in [0.25, 0.3) is 21.7 Å². The van der Waals surface area contributed by atoms with E-state index in [-0.39, 0.29) is 5.91 Å². The van der Waals surface area contributed by atoms with Crippen LogP contribution in [0.1, 0.15) is 10.6 Å². The van der Waals surface area contributed by atoms with Crippen LogP contribution in [0.3, 0.4) is 0 Å². The molecule has 0 radical (unpaired) electrons. The molecule has 0 saturated carbocycles. The van der Waals surface area contributed by atoms with Crippen LogP contribution in [0.4, 0.5) is 0 Å². The molecule has 0 unspecified atom stereocenters. The standard InChI is InChI=1S/C22H19NO4/c1-25-16-7-9-17(10-8-16)26-13-12-23-22(24)21-14-19-18-5-3-2-4-15(18)6-11-20(19)27-21/h2-11,14H,12-13H2,1H3,(H,23,24). The van der Waals surface area contributed by atoms with E-state index in [2.05, 4.69) is 5.32 Å². The van der Waals surface area contributed by atoms with E-state index < -0.39 is 0 Å². The highest BCUT2D eigenvalue weighted by Gasteiger charge is 2.13. The Hall–Kier alpha value is -3.47. The van der Waals surface area contributed by atoms with Crippen LogP contribution in [0.15, 0.2) is 71.1 Å². The van der Waals surface area contributed by atoms with Crippen LogP contribution < -0.4 is 14.8 Å². The lowest BCUT2D eigenvalue weighted by Gasteiger charge is -2.07. The molecule has 3 aromatic carbocycles. The van der Waals surface area contributed by atoms with E-state index in [0.717, 1.165) is 27.7 Å². The van der Waals surface area contributed by atoms with Crippen LogP contribution in [-0.2, 0) is 0 Å². The molecule has 0 aliphatic heterocycles. The second-order valence-corrected chi connectivity index (χ2v) is 6.09. The summed E-state index contributed by atoms with van der Waals surface area (Å²) in [6.07, 6.45) is 0. The van der Waals surface area contributed by atoms with E-state index >= 15 is 0 Å². The van der Waals surface area contributed by atoms with Crippen molar-refractivity contribution in [3.8, 4) is 11.5 Å². The van der Waals surface area contributed by atoms with Crippen molar-refractivity contribution in [3.05, 3.63) is 72.5 Å². The zero-order valence-corrected chi connectivity index (χ0v) is 14.9. The third-order valence-electron chi connectivity index (χ3n) is 4.37. The molecule has 0 aliphatic rings. The molecule has 4 aromatic rings. The van der Waals surface area contributed by atoms with Gasteiger partial charge in [-0.15, -0.1) is 0 Å². The molecule has 5 nitrogen and oxygen atoms in total. The van der Waals surface area contributed by atoms with E-state index in [9.17, 15) is 4.79 Å². The van der Waals surface area contributed by atoms with Crippen molar-refractivity contribution in [3.63, 3.8) is 0 Å². The van der Waals surface area contributed by atoms with Crippen LogP contribution in [-0.4, -0.2) is 26.2 Å². The Morgan fingerprint density at radius 1 is 0.963 bits per heavy atom. The van der Waals surface area contributed by atoms with Gasteiger partial charge in [-0.2, -0.15) is 0 Å². The molecule has 1 heterocycles. The molecule has 1 aromatic heterocycles. The largest absolute Gasteiger partial charge is 0.497 e. The second-order valence-electron chi connectivity index (χ2n) is 6.09. The number of hydrogen-bond acceptors (Lipinski definition) is 4. The lowest BCUT2D eigenvalue weighted by atomic mass is 10.1. The molecule has 1 amide bonds. The predicted octanol–water partition coefficient (Wildman–Crippen LogP) is 4.40. The van der Waals surface area contributed by atoms with Crippen molar-refractivity contribution in [2.45, 2.75) is 0 Å². The predicted molar refractivity (Wildman–Crippen MR) is 105 cm³/mol. The number of rotatable bonds is 6. The highest BCUT2D eigenvalue weighted by Crippen LogP contribution is 2.28. The minimum absolute atomic E-state index is 0.256. The first-order chi connectivity index (χ1) is 13.2. The number of fused-ring (bicyclic) bond motifs is 3. The number of furan rings is 1. The van der Waals surface area contributed by atoms with Gasteiger partial charge in [-0.1, -0.05) is 30.3 Å². The Kier molecular flexibility index (Phi) is 4.66. The van der Waals surface area contributed by atoms with Gasteiger partial charge in [0.2, 0.25) is 0 Å². The zero-order chi connectivity index (χ0) is 18.6. The van der Waals surface area contributed by atoms with Gasteiger partial charge in [-0.05, 0) is 47.2 Å². The summed E-state index contributed by atoms with van der Waals surface area (Å²) >= 11 is 0. The Balaban J connectivity index is 1.38. The van der Waals surface area contributed by atoms with Gasteiger partial charge in [0, 0.05) is 5.39 Å². The number of carbonyl (C=O) groups is 1. The molecule has 5 heteroatoms. The first kappa shape index (κ1) is 17.0. The minimum Gasteiger partial charge on any atom is -0.497 e. The van der Waals surface area contributed by atoms with Crippen molar-refractivity contribution >= 4 is 27.6 Å². The minimum atomic E-state index is -0.256. The Morgan fingerprint density at radius 3 is 2.56 bits per heavy atom.